The number of nitrogens with zero attached hydrogens (tertiary/aromatic N) is 1. The topological polar surface area (TPSA) is 52.6 Å². The number of phenols is 1. The minimum Gasteiger partial charge on any atom is -0.508 e. The third-order valence-corrected chi connectivity index (χ3v) is 8.23. The maximum absolute atomic E-state index is 13.0. The van der Waals surface area contributed by atoms with E-state index in [9.17, 15) is 23.1 Å². The molecule has 0 spiro atoms. The van der Waals surface area contributed by atoms with Crippen LogP contribution in [0.2, 0.25) is 0 Å². The van der Waals surface area contributed by atoms with Crippen LogP contribution in [0.1, 0.15) is 55.2 Å². The molecular formula is C29H33F3N2O2. The number of hydrogen-bond donors (Lipinski definition) is 2. The molecular weight excluding hydrogens is 465 g/mol. The van der Waals surface area contributed by atoms with Crippen LogP contribution in [-0.2, 0) is 16.4 Å². The highest BCUT2D eigenvalue weighted by Crippen LogP contribution is 2.50. The number of nitrogens with one attached hydrogen (secondary N) is 1. The number of likely N-dealkylation sites (tertiary alicyclic amines) is 1. The van der Waals surface area contributed by atoms with Crippen LogP contribution in [-0.4, -0.2) is 41.6 Å². The quantitative estimate of drug-likeness (QED) is 0.498. The number of phenolic OH excluding ortho intramolecular Hbond substituents is 1. The summed E-state index contributed by atoms with van der Waals surface area (Å²) >= 11 is 0. The first-order valence-corrected chi connectivity index (χ1v) is 12.9. The highest BCUT2D eigenvalue weighted by molar-refractivity contribution is 5.92. The molecule has 2 aromatic carbocycles. The molecule has 5 rings (SSSR count). The van der Waals surface area contributed by atoms with Crippen molar-refractivity contribution in [2.45, 2.75) is 56.2 Å². The number of rotatable bonds is 6. The summed E-state index contributed by atoms with van der Waals surface area (Å²) in [5.41, 5.74) is 0.629. The van der Waals surface area contributed by atoms with Crippen molar-refractivity contribution in [3.8, 4) is 5.75 Å². The van der Waals surface area contributed by atoms with Gasteiger partial charge in [0.1, 0.15) is 5.75 Å². The number of aromatic hydroxyl groups is 1. The standard InChI is InChI=1S/C29H33F3N2O2/c30-29(31,32)23-5-1-3-20(15-23)9-12-27(36)33-25-11-10-24-19-34(18-21-7-8-21)14-13-28(24,17-25)22-4-2-6-26(35)16-22/h1-6,9,12,15-16,21,24-25,35H,7-8,10-11,13-14,17-19H2,(H,33,36). The van der Waals surface area contributed by atoms with Gasteiger partial charge < -0.3 is 15.3 Å². The minimum atomic E-state index is -4.42. The molecule has 192 valence electrons. The van der Waals surface area contributed by atoms with E-state index in [2.05, 4.69) is 16.3 Å². The van der Waals surface area contributed by atoms with Gasteiger partial charge in [0.25, 0.3) is 0 Å². The van der Waals surface area contributed by atoms with E-state index in [1.54, 1.807) is 12.1 Å². The first-order valence-electron chi connectivity index (χ1n) is 12.9. The van der Waals surface area contributed by atoms with Gasteiger partial charge in [-0.05, 0) is 98.4 Å². The average molecular weight is 499 g/mol. The molecule has 3 aliphatic rings. The summed E-state index contributed by atoms with van der Waals surface area (Å²) < 4.78 is 38.9. The van der Waals surface area contributed by atoms with Gasteiger partial charge in [-0.15, -0.1) is 0 Å². The van der Waals surface area contributed by atoms with Crippen LogP contribution in [0.4, 0.5) is 13.2 Å². The van der Waals surface area contributed by atoms with Crippen molar-refractivity contribution in [3.05, 3.63) is 71.3 Å². The third-order valence-electron chi connectivity index (χ3n) is 8.23. The lowest BCUT2D eigenvalue weighted by molar-refractivity contribution is -0.137. The normalized spacial score (nSPS) is 27.1. The van der Waals surface area contributed by atoms with E-state index < -0.39 is 11.7 Å². The Balaban J connectivity index is 1.29. The van der Waals surface area contributed by atoms with Crippen LogP contribution in [0, 0.1) is 11.8 Å². The van der Waals surface area contributed by atoms with Gasteiger partial charge in [-0.2, -0.15) is 13.2 Å². The number of alkyl halides is 3. The van der Waals surface area contributed by atoms with E-state index in [4.69, 9.17) is 0 Å². The Morgan fingerprint density at radius 3 is 2.67 bits per heavy atom. The molecule has 0 radical (unpaired) electrons. The SMILES string of the molecule is O=C(C=Cc1cccc(C(F)(F)F)c1)NC1CCC2CN(CC3CC3)CCC2(c2cccc(O)c2)C1. The van der Waals surface area contributed by atoms with Gasteiger partial charge in [0.05, 0.1) is 5.56 Å². The molecule has 0 aromatic heterocycles. The molecule has 36 heavy (non-hydrogen) atoms. The van der Waals surface area contributed by atoms with Crippen molar-refractivity contribution in [1.82, 2.24) is 10.2 Å². The van der Waals surface area contributed by atoms with Crippen LogP contribution in [0.15, 0.2) is 54.6 Å². The summed E-state index contributed by atoms with van der Waals surface area (Å²) in [5.74, 6) is 1.27. The maximum Gasteiger partial charge on any atom is 0.416 e. The Morgan fingerprint density at radius 2 is 1.92 bits per heavy atom. The molecule has 0 bridgehead atoms. The van der Waals surface area contributed by atoms with E-state index in [0.29, 0.717) is 11.5 Å². The number of halogens is 3. The predicted octanol–water partition coefficient (Wildman–Crippen LogP) is 5.76. The Hall–Kier alpha value is -2.80. The first-order chi connectivity index (χ1) is 17.2. The molecule has 3 fully saturated rings. The van der Waals surface area contributed by atoms with Crippen molar-refractivity contribution in [1.29, 1.82) is 0 Å². The lowest BCUT2D eigenvalue weighted by atomic mass is 9.58. The second-order valence-corrected chi connectivity index (χ2v) is 10.8. The monoisotopic (exact) mass is 498 g/mol. The highest BCUT2D eigenvalue weighted by Gasteiger charge is 2.48. The summed E-state index contributed by atoms with van der Waals surface area (Å²) in [7, 11) is 0. The zero-order valence-electron chi connectivity index (χ0n) is 20.3. The van der Waals surface area contributed by atoms with E-state index in [1.165, 1.54) is 37.6 Å². The fourth-order valence-electron chi connectivity index (χ4n) is 6.23. The largest absolute Gasteiger partial charge is 0.508 e. The number of hydrogen-bond acceptors (Lipinski definition) is 3. The Bertz CT molecular complexity index is 1130. The van der Waals surface area contributed by atoms with Crippen molar-refractivity contribution in [2.24, 2.45) is 11.8 Å². The van der Waals surface area contributed by atoms with E-state index in [-0.39, 0.29) is 23.1 Å². The molecule has 2 aromatic rings. The molecule has 1 amide bonds. The van der Waals surface area contributed by atoms with Gasteiger partial charge in [-0.3, -0.25) is 4.79 Å². The lowest BCUT2D eigenvalue weighted by Gasteiger charge is -2.53. The lowest BCUT2D eigenvalue weighted by Crippen LogP contribution is -2.56. The van der Waals surface area contributed by atoms with Gasteiger partial charge in [-0.1, -0.05) is 24.3 Å². The van der Waals surface area contributed by atoms with Crippen molar-refractivity contribution < 1.29 is 23.1 Å². The molecule has 3 atom stereocenters. The van der Waals surface area contributed by atoms with Gasteiger partial charge in [-0.25, -0.2) is 0 Å². The highest BCUT2D eigenvalue weighted by atomic mass is 19.4. The van der Waals surface area contributed by atoms with Gasteiger partial charge in [0.15, 0.2) is 0 Å². The summed E-state index contributed by atoms with van der Waals surface area (Å²) in [4.78, 5) is 15.3. The van der Waals surface area contributed by atoms with Crippen LogP contribution >= 0.6 is 0 Å². The molecule has 2 aliphatic carbocycles. The number of carbonyl (C=O) groups is 1. The zero-order valence-corrected chi connectivity index (χ0v) is 20.3. The maximum atomic E-state index is 13.0. The van der Waals surface area contributed by atoms with Crippen LogP contribution in [0.5, 0.6) is 5.75 Å². The molecule has 3 unspecified atom stereocenters. The Kier molecular flexibility index (Phi) is 6.86. The van der Waals surface area contributed by atoms with Gasteiger partial charge in [0.2, 0.25) is 5.91 Å². The molecule has 1 saturated heterocycles. The minimum absolute atomic E-state index is 0.0303. The van der Waals surface area contributed by atoms with Gasteiger partial charge >= 0.3 is 6.18 Å². The Labute approximate surface area is 210 Å². The molecule has 1 aliphatic heterocycles. The predicted molar refractivity (Wildman–Crippen MR) is 133 cm³/mol. The number of benzene rings is 2. The second kappa shape index (κ2) is 9.92. The zero-order chi connectivity index (χ0) is 25.3. The van der Waals surface area contributed by atoms with Crippen molar-refractivity contribution in [3.63, 3.8) is 0 Å². The Morgan fingerprint density at radius 1 is 1.11 bits per heavy atom. The average Bonchev–Trinajstić information content (AvgIpc) is 3.66. The molecule has 7 heteroatoms. The fraction of sp³-hybridized carbons (Fsp3) is 0.483. The second-order valence-electron chi connectivity index (χ2n) is 10.8. The van der Waals surface area contributed by atoms with Crippen LogP contribution < -0.4 is 5.32 Å². The number of amides is 1. The van der Waals surface area contributed by atoms with E-state index >= 15 is 0 Å². The van der Waals surface area contributed by atoms with Crippen molar-refractivity contribution >= 4 is 12.0 Å². The first kappa shape index (κ1) is 24.9. The third kappa shape index (κ3) is 5.61. The number of fused-ring (bicyclic) bond motifs is 1. The van der Waals surface area contributed by atoms with Crippen LogP contribution in [0.3, 0.4) is 0 Å². The molecule has 2 saturated carbocycles. The van der Waals surface area contributed by atoms with Crippen molar-refractivity contribution in [2.75, 3.05) is 19.6 Å². The van der Waals surface area contributed by atoms with Crippen LogP contribution in [0.25, 0.3) is 6.08 Å². The molecule has 1 heterocycles. The smallest absolute Gasteiger partial charge is 0.416 e. The molecule has 2 N–H and O–H groups in total. The summed E-state index contributed by atoms with van der Waals surface area (Å²) in [5, 5.41) is 13.3. The fourth-order valence-corrected chi connectivity index (χ4v) is 6.23. The number of piperidine rings is 1. The number of carbonyl (C=O) groups excluding carboxylic acids is 1. The summed E-state index contributed by atoms with van der Waals surface area (Å²) in [6, 6.07) is 12.5. The summed E-state index contributed by atoms with van der Waals surface area (Å²) in [6.07, 6.45) is 4.63. The summed E-state index contributed by atoms with van der Waals surface area (Å²) in [6.45, 7) is 3.23. The van der Waals surface area contributed by atoms with E-state index in [1.807, 2.05) is 12.1 Å². The van der Waals surface area contributed by atoms with Gasteiger partial charge in [0, 0.05) is 30.6 Å². The van der Waals surface area contributed by atoms with E-state index in [0.717, 1.165) is 62.4 Å². The molecule has 4 nitrogen and oxygen atoms in total.